The molecule has 0 bridgehead atoms. The zero-order valence-corrected chi connectivity index (χ0v) is 8.15. The highest BCUT2D eigenvalue weighted by Gasteiger charge is 2.10. The van der Waals surface area contributed by atoms with Gasteiger partial charge in [0.05, 0.1) is 0 Å². The summed E-state index contributed by atoms with van der Waals surface area (Å²) in [4.78, 5) is 0. The van der Waals surface area contributed by atoms with Crippen molar-refractivity contribution < 1.29 is 4.39 Å². The van der Waals surface area contributed by atoms with Crippen molar-refractivity contribution in [2.45, 2.75) is 40.0 Å². The normalized spacial score (nSPS) is 18.6. The highest BCUT2D eigenvalue weighted by molar-refractivity contribution is 5.29. The van der Waals surface area contributed by atoms with Crippen LogP contribution in [-0.2, 0) is 0 Å². The highest BCUT2D eigenvalue weighted by atomic mass is 19.1. The third kappa shape index (κ3) is 2.47. The summed E-state index contributed by atoms with van der Waals surface area (Å²) in [5.74, 6) is 0.757. The monoisotopic (exact) mass is 168 g/mol. The van der Waals surface area contributed by atoms with Crippen LogP contribution in [0.5, 0.6) is 0 Å². The third-order valence-corrected chi connectivity index (χ3v) is 2.18. The van der Waals surface area contributed by atoms with Crippen molar-refractivity contribution in [3.05, 3.63) is 23.0 Å². The second-order valence-corrected chi connectivity index (χ2v) is 3.99. The third-order valence-electron chi connectivity index (χ3n) is 2.18. The topological polar surface area (TPSA) is 0 Å². The van der Waals surface area contributed by atoms with Crippen molar-refractivity contribution in [2.24, 2.45) is 5.92 Å². The van der Waals surface area contributed by atoms with Gasteiger partial charge in [0.25, 0.3) is 0 Å². The van der Waals surface area contributed by atoms with Crippen LogP contribution in [0.15, 0.2) is 23.0 Å². The minimum absolute atomic E-state index is 0.0718. The number of allylic oxidation sites excluding steroid dienone is 4. The van der Waals surface area contributed by atoms with Gasteiger partial charge in [-0.2, -0.15) is 0 Å². The highest BCUT2D eigenvalue weighted by Crippen LogP contribution is 2.27. The van der Waals surface area contributed by atoms with Crippen molar-refractivity contribution in [3.63, 3.8) is 0 Å². The maximum Gasteiger partial charge on any atom is 0.103 e. The molecule has 0 amide bonds. The Hall–Kier alpha value is -0.590. The Labute approximate surface area is 74.2 Å². The van der Waals surface area contributed by atoms with E-state index >= 15 is 0 Å². The molecule has 0 radical (unpaired) electrons. The lowest BCUT2D eigenvalue weighted by atomic mass is 9.93. The van der Waals surface area contributed by atoms with Crippen molar-refractivity contribution in [2.75, 3.05) is 0 Å². The number of halogens is 1. The van der Waals surface area contributed by atoms with Crippen LogP contribution in [0, 0.1) is 5.92 Å². The first-order valence-electron chi connectivity index (χ1n) is 4.64. The van der Waals surface area contributed by atoms with Crippen LogP contribution >= 0.6 is 0 Å². The van der Waals surface area contributed by atoms with Crippen LogP contribution in [0.4, 0.5) is 4.39 Å². The van der Waals surface area contributed by atoms with Crippen LogP contribution in [0.3, 0.4) is 0 Å². The van der Waals surface area contributed by atoms with E-state index in [0.29, 0.717) is 12.3 Å². The Morgan fingerprint density at radius 1 is 1.42 bits per heavy atom. The zero-order valence-electron chi connectivity index (χ0n) is 8.15. The molecule has 1 aliphatic rings. The maximum atomic E-state index is 12.9. The fourth-order valence-corrected chi connectivity index (χ4v) is 1.61. The van der Waals surface area contributed by atoms with Gasteiger partial charge in [-0.25, -0.2) is 4.39 Å². The first-order chi connectivity index (χ1) is 5.59. The summed E-state index contributed by atoms with van der Waals surface area (Å²) in [7, 11) is 0. The molecule has 0 N–H and O–H groups in total. The van der Waals surface area contributed by atoms with E-state index in [-0.39, 0.29) is 5.83 Å². The van der Waals surface area contributed by atoms with Crippen molar-refractivity contribution in [3.8, 4) is 0 Å². The molecule has 1 heteroatoms. The Morgan fingerprint density at radius 2 is 2.08 bits per heavy atom. The predicted octanol–water partition coefficient (Wildman–Crippen LogP) is 4.00. The summed E-state index contributed by atoms with van der Waals surface area (Å²) in [5, 5.41) is 0. The van der Waals surface area contributed by atoms with Crippen LogP contribution in [0.2, 0.25) is 0 Å². The molecule has 0 atom stereocenters. The minimum Gasteiger partial charge on any atom is -0.212 e. The molecule has 0 unspecified atom stereocenters. The summed E-state index contributed by atoms with van der Waals surface area (Å²) in [5.41, 5.74) is 2.24. The number of hydrogen-bond donors (Lipinski definition) is 0. The summed E-state index contributed by atoms with van der Waals surface area (Å²) in [6.45, 7) is 6.25. The molecule has 1 aliphatic carbocycles. The van der Waals surface area contributed by atoms with E-state index in [1.165, 1.54) is 5.57 Å². The Bertz CT molecular complexity index is 221. The summed E-state index contributed by atoms with van der Waals surface area (Å²) < 4.78 is 12.9. The lowest BCUT2D eigenvalue weighted by molar-refractivity contribution is 0.551. The van der Waals surface area contributed by atoms with E-state index in [1.54, 1.807) is 0 Å². The van der Waals surface area contributed by atoms with E-state index in [0.717, 1.165) is 18.4 Å². The summed E-state index contributed by atoms with van der Waals surface area (Å²) in [6, 6.07) is 0. The van der Waals surface area contributed by atoms with Gasteiger partial charge in [-0.15, -0.1) is 0 Å². The summed E-state index contributed by atoms with van der Waals surface area (Å²) >= 11 is 0. The van der Waals surface area contributed by atoms with Gasteiger partial charge in [0.1, 0.15) is 5.83 Å². The second kappa shape index (κ2) is 3.88. The molecule has 68 valence electrons. The molecule has 1 rings (SSSR count). The standard InChI is InChI=1S/C11H17F/c1-8(2)6-10-4-5-11(12)9(3)7-10/h7-8H,4-6H2,1-3H3. The van der Waals surface area contributed by atoms with Crippen molar-refractivity contribution >= 4 is 0 Å². The fraction of sp³-hybridized carbons (Fsp3) is 0.636. The molecular formula is C11H17F. The fourth-order valence-electron chi connectivity index (χ4n) is 1.61. The van der Waals surface area contributed by atoms with Crippen molar-refractivity contribution in [1.82, 2.24) is 0 Å². The zero-order chi connectivity index (χ0) is 9.14. The summed E-state index contributed by atoms with van der Waals surface area (Å²) in [6.07, 6.45) is 4.66. The first-order valence-corrected chi connectivity index (χ1v) is 4.64. The van der Waals surface area contributed by atoms with Gasteiger partial charge in [0.15, 0.2) is 0 Å². The van der Waals surface area contributed by atoms with Gasteiger partial charge in [-0.3, -0.25) is 0 Å². The predicted molar refractivity (Wildman–Crippen MR) is 50.6 cm³/mol. The molecule has 0 nitrogen and oxygen atoms in total. The lowest BCUT2D eigenvalue weighted by Gasteiger charge is -2.14. The lowest BCUT2D eigenvalue weighted by Crippen LogP contribution is -1.98. The second-order valence-electron chi connectivity index (χ2n) is 3.99. The quantitative estimate of drug-likeness (QED) is 0.584. The molecule has 0 fully saturated rings. The van der Waals surface area contributed by atoms with Gasteiger partial charge in [-0.1, -0.05) is 25.5 Å². The molecule has 0 aromatic carbocycles. The van der Waals surface area contributed by atoms with E-state index in [4.69, 9.17) is 0 Å². The van der Waals surface area contributed by atoms with E-state index < -0.39 is 0 Å². The number of hydrogen-bond acceptors (Lipinski definition) is 0. The maximum absolute atomic E-state index is 12.9. The average Bonchev–Trinajstić information content (AvgIpc) is 1.96. The van der Waals surface area contributed by atoms with Crippen molar-refractivity contribution in [1.29, 1.82) is 0 Å². The molecule has 0 saturated heterocycles. The molecule has 0 heterocycles. The Morgan fingerprint density at radius 3 is 2.58 bits per heavy atom. The minimum atomic E-state index is 0.0718. The van der Waals surface area contributed by atoms with Crippen LogP contribution in [-0.4, -0.2) is 0 Å². The van der Waals surface area contributed by atoms with Crippen LogP contribution < -0.4 is 0 Å². The first kappa shape index (κ1) is 9.50. The van der Waals surface area contributed by atoms with E-state index in [2.05, 4.69) is 13.8 Å². The molecule has 0 aromatic heterocycles. The molecule has 12 heavy (non-hydrogen) atoms. The molecule has 0 spiro atoms. The van der Waals surface area contributed by atoms with Gasteiger partial charge in [-0.05, 0) is 31.3 Å². The van der Waals surface area contributed by atoms with Gasteiger partial charge < -0.3 is 0 Å². The van der Waals surface area contributed by atoms with Gasteiger partial charge in [0, 0.05) is 6.42 Å². The molecule has 0 saturated carbocycles. The van der Waals surface area contributed by atoms with E-state index in [1.807, 2.05) is 13.0 Å². The molecule has 0 aliphatic heterocycles. The Kier molecular flexibility index (Phi) is 3.07. The largest absolute Gasteiger partial charge is 0.212 e. The molecule has 0 aromatic rings. The van der Waals surface area contributed by atoms with E-state index in [9.17, 15) is 4.39 Å². The van der Waals surface area contributed by atoms with Crippen LogP contribution in [0.1, 0.15) is 40.0 Å². The van der Waals surface area contributed by atoms with Gasteiger partial charge in [0.2, 0.25) is 0 Å². The SMILES string of the molecule is CC1=C(F)CCC(CC(C)C)=C1. The number of rotatable bonds is 2. The van der Waals surface area contributed by atoms with Crippen LogP contribution in [0.25, 0.3) is 0 Å². The van der Waals surface area contributed by atoms with Gasteiger partial charge >= 0.3 is 0 Å². The smallest absolute Gasteiger partial charge is 0.103 e. The average molecular weight is 168 g/mol. The molecular weight excluding hydrogens is 151 g/mol. The Balaban J connectivity index is 2.63.